The van der Waals surface area contributed by atoms with Crippen molar-refractivity contribution in [2.45, 2.75) is 26.3 Å². The van der Waals surface area contributed by atoms with Gasteiger partial charge >= 0.3 is 11.9 Å². The molecule has 1 N–H and O–H groups in total. The fourth-order valence-electron chi connectivity index (χ4n) is 3.78. The first-order chi connectivity index (χ1) is 18.7. The molecule has 0 amide bonds. The van der Waals surface area contributed by atoms with Crippen LogP contribution in [0, 0.1) is 0 Å². The summed E-state index contributed by atoms with van der Waals surface area (Å²) in [7, 11) is 3.12. The molecule has 0 fully saturated rings. The number of nitrogens with one attached hydrogen (secondary N) is 1. The summed E-state index contributed by atoms with van der Waals surface area (Å²) >= 11 is 1.37. The molecular formula is C26H27F3N4O5S. The highest BCUT2D eigenvalue weighted by atomic mass is 32.1. The van der Waals surface area contributed by atoms with E-state index >= 15 is 0 Å². The first-order valence-corrected chi connectivity index (χ1v) is 12.8. The first kappa shape index (κ1) is 28.3. The van der Waals surface area contributed by atoms with E-state index < -0.39 is 17.5 Å². The maximum absolute atomic E-state index is 13.0. The number of H-pyrrole nitrogens is 1. The Hall–Kier alpha value is -3.68. The van der Waals surface area contributed by atoms with Gasteiger partial charge in [0, 0.05) is 31.8 Å². The quantitative estimate of drug-likeness (QED) is 0.250. The molecule has 0 saturated heterocycles. The molecule has 39 heavy (non-hydrogen) atoms. The fraction of sp³-hybridized carbons (Fsp3) is 0.346. The summed E-state index contributed by atoms with van der Waals surface area (Å²) in [5.41, 5.74) is 1.18. The highest BCUT2D eigenvalue weighted by Gasteiger charge is 2.30. The number of nitrogens with zero attached hydrogens (tertiary/aromatic N) is 3. The van der Waals surface area contributed by atoms with E-state index in [0.717, 1.165) is 29.2 Å². The Kier molecular flexibility index (Phi) is 9.04. The minimum atomic E-state index is -4.41. The third kappa shape index (κ3) is 7.05. The molecule has 0 aliphatic heterocycles. The van der Waals surface area contributed by atoms with Crippen molar-refractivity contribution in [3.63, 3.8) is 0 Å². The van der Waals surface area contributed by atoms with E-state index in [9.17, 15) is 18.0 Å². The molecule has 0 spiro atoms. The molecule has 0 bridgehead atoms. The van der Waals surface area contributed by atoms with E-state index in [-0.39, 0.29) is 12.4 Å². The number of halogens is 3. The molecule has 0 unspecified atom stereocenters. The molecule has 0 atom stereocenters. The number of hydrogen-bond acceptors (Lipinski definition) is 9. The summed E-state index contributed by atoms with van der Waals surface area (Å²) in [5, 5.41) is 4.29. The lowest BCUT2D eigenvalue weighted by atomic mass is 10.1. The van der Waals surface area contributed by atoms with Crippen LogP contribution in [-0.2, 0) is 24.1 Å². The Morgan fingerprint density at radius 3 is 2.51 bits per heavy atom. The lowest BCUT2D eigenvalue weighted by molar-refractivity contribution is -0.137. The lowest BCUT2D eigenvalue weighted by Gasteiger charge is -2.19. The van der Waals surface area contributed by atoms with Crippen molar-refractivity contribution in [1.29, 1.82) is 0 Å². The van der Waals surface area contributed by atoms with Crippen LogP contribution >= 0.6 is 11.3 Å². The van der Waals surface area contributed by atoms with E-state index in [1.54, 1.807) is 25.3 Å². The van der Waals surface area contributed by atoms with Crippen molar-refractivity contribution >= 4 is 11.3 Å². The van der Waals surface area contributed by atoms with Gasteiger partial charge in [-0.1, -0.05) is 24.2 Å². The molecule has 208 valence electrons. The molecule has 13 heteroatoms. The molecule has 0 saturated carbocycles. The van der Waals surface area contributed by atoms with Crippen molar-refractivity contribution in [3.05, 3.63) is 69.1 Å². The van der Waals surface area contributed by atoms with E-state index in [1.807, 2.05) is 6.92 Å². The highest BCUT2D eigenvalue weighted by Crippen LogP contribution is 2.35. The number of thiazole rings is 1. The monoisotopic (exact) mass is 564 g/mol. The molecule has 4 rings (SSSR count). The van der Waals surface area contributed by atoms with Crippen molar-refractivity contribution in [1.82, 2.24) is 20.0 Å². The van der Waals surface area contributed by atoms with Gasteiger partial charge in [0.05, 0.1) is 35.4 Å². The Morgan fingerprint density at radius 2 is 1.90 bits per heavy atom. The van der Waals surface area contributed by atoms with Crippen LogP contribution in [0.4, 0.5) is 13.2 Å². The number of aromatic nitrogens is 3. The third-order valence-corrected chi connectivity index (χ3v) is 7.03. The molecule has 2 heterocycles. The molecule has 2 aromatic carbocycles. The van der Waals surface area contributed by atoms with Crippen molar-refractivity contribution in [2.75, 3.05) is 33.9 Å². The Morgan fingerprint density at radius 1 is 1.13 bits per heavy atom. The lowest BCUT2D eigenvalue weighted by Crippen LogP contribution is -2.27. The minimum Gasteiger partial charge on any atom is -0.496 e. The summed E-state index contributed by atoms with van der Waals surface area (Å²) in [6.45, 7) is 4.75. The summed E-state index contributed by atoms with van der Waals surface area (Å²) in [6, 6.07) is 10.0. The molecule has 2 aromatic heterocycles. The maximum atomic E-state index is 13.0. The average Bonchev–Trinajstić information content (AvgIpc) is 3.55. The van der Waals surface area contributed by atoms with Crippen LogP contribution in [0.1, 0.15) is 23.1 Å². The predicted molar refractivity (Wildman–Crippen MR) is 139 cm³/mol. The van der Waals surface area contributed by atoms with Gasteiger partial charge in [0.2, 0.25) is 0 Å². The van der Waals surface area contributed by atoms with Gasteiger partial charge in [-0.3, -0.25) is 14.4 Å². The van der Waals surface area contributed by atoms with E-state index in [4.69, 9.17) is 19.2 Å². The van der Waals surface area contributed by atoms with Gasteiger partial charge < -0.3 is 14.2 Å². The molecule has 9 nitrogen and oxygen atoms in total. The standard InChI is InChI=1S/C26H27F3N4O5S/c1-4-33(11-12-35-2)14-20-22(39-24(30-20)16-5-7-17(8-6-16)26(27,28)29)15-37-18-9-10-19(21(13-18)36-3)23-31-25(34)38-32-23/h5-10,13H,4,11-12,14-15H2,1-3H3,(H,31,32,34). The van der Waals surface area contributed by atoms with Crippen LogP contribution in [-0.4, -0.2) is 53.9 Å². The molecular weight excluding hydrogens is 537 g/mol. The van der Waals surface area contributed by atoms with Gasteiger partial charge in [-0.05, 0) is 30.8 Å². The van der Waals surface area contributed by atoms with Crippen LogP contribution in [0.2, 0.25) is 0 Å². The number of alkyl halides is 3. The number of benzene rings is 2. The second kappa shape index (κ2) is 12.5. The molecule has 4 aromatic rings. The SMILES string of the molecule is CCN(CCOC)Cc1nc(-c2ccc(C(F)(F)F)cc2)sc1COc1ccc(-c2noc(=O)[nH]2)c(OC)c1. The summed E-state index contributed by atoms with van der Waals surface area (Å²) in [6.07, 6.45) is -4.41. The van der Waals surface area contributed by atoms with Crippen LogP contribution in [0.5, 0.6) is 11.5 Å². The number of hydrogen-bond donors (Lipinski definition) is 1. The van der Waals surface area contributed by atoms with E-state index in [0.29, 0.717) is 47.3 Å². The Labute approximate surface area is 226 Å². The zero-order valence-corrected chi connectivity index (χ0v) is 22.3. The van der Waals surface area contributed by atoms with Crippen molar-refractivity contribution in [2.24, 2.45) is 0 Å². The Bertz CT molecular complexity index is 1430. The van der Waals surface area contributed by atoms with Crippen molar-refractivity contribution < 1.29 is 31.9 Å². The van der Waals surface area contributed by atoms with Crippen LogP contribution < -0.4 is 15.2 Å². The van der Waals surface area contributed by atoms with Gasteiger partial charge in [-0.25, -0.2) is 9.78 Å². The zero-order valence-electron chi connectivity index (χ0n) is 21.5. The van der Waals surface area contributed by atoms with Crippen LogP contribution in [0.25, 0.3) is 22.0 Å². The van der Waals surface area contributed by atoms with Crippen molar-refractivity contribution in [3.8, 4) is 33.5 Å². The number of methoxy groups -OCH3 is 2. The average molecular weight is 565 g/mol. The minimum absolute atomic E-state index is 0.179. The number of rotatable bonds is 12. The third-order valence-electron chi connectivity index (χ3n) is 5.91. The number of aromatic amines is 1. The second-order valence-corrected chi connectivity index (χ2v) is 9.50. The topological polar surface area (TPSA) is 103 Å². The van der Waals surface area contributed by atoms with Crippen LogP contribution in [0.3, 0.4) is 0 Å². The number of ether oxygens (including phenoxy) is 3. The van der Waals surface area contributed by atoms with Gasteiger partial charge in [0.1, 0.15) is 23.1 Å². The molecule has 0 aliphatic carbocycles. The summed E-state index contributed by atoms with van der Waals surface area (Å²) in [5.74, 6) is 0.470. The first-order valence-electron chi connectivity index (χ1n) is 12.0. The molecule has 0 radical (unpaired) electrons. The highest BCUT2D eigenvalue weighted by molar-refractivity contribution is 7.15. The second-order valence-electron chi connectivity index (χ2n) is 8.42. The van der Waals surface area contributed by atoms with Gasteiger partial charge in [0.15, 0.2) is 5.82 Å². The number of likely N-dealkylation sites (N-methyl/N-ethyl adjacent to an activating group) is 1. The van der Waals surface area contributed by atoms with E-state index in [1.165, 1.54) is 30.6 Å². The fourth-order valence-corrected chi connectivity index (χ4v) is 4.77. The maximum Gasteiger partial charge on any atom is 0.439 e. The molecule has 0 aliphatic rings. The Balaban J connectivity index is 1.59. The largest absolute Gasteiger partial charge is 0.496 e. The van der Waals surface area contributed by atoms with Gasteiger partial charge in [-0.2, -0.15) is 13.2 Å². The zero-order chi connectivity index (χ0) is 28.0. The predicted octanol–water partition coefficient (Wildman–Crippen LogP) is 5.23. The van der Waals surface area contributed by atoms with Gasteiger partial charge in [0.25, 0.3) is 0 Å². The van der Waals surface area contributed by atoms with Gasteiger partial charge in [-0.15, -0.1) is 11.3 Å². The summed E-state index contributed by atoms with van der Waals surface area (Å²) in [4.78, 5) is 21.6. The normalized spacial score (nSPS) is 11.8. The summed E-state index contributed by atoms with van der Waals surface area (Å²) < 4.78 is 60.4. The van der Waals surface area contributed by atoms with E-state index in [2.05, 4.69) is 19.6 Å². The smallest absolute Gasteiger partial charge is 0.439 e. The van der Waals surface area contributed by atoms with Crippen LogP contribution in [0.15, 0.2) is 51.8 Å².